The summed E-state index contributed by atoms with van der Waals surface area (Å²) in [5.74, 6) is -3.63. The maximum atomic E-state index is 12.7. The number of amides is 1. The third-order valence-corrected chi connectivity index (χ3v) is 4.72. The number of carbonyl (C=O) groups excluding carboxylic acids is 5. The molecule has 33 heavy (non-hydrogen) atoms. The summed E-state index contributed by atoms with van der Waals surface area (Å²) in [6.45, 7) is 4.14. The van der Waals surface area contributed by atoms with Crippen LogP contribution in [0.25, 0.3) is 0 Å². The molecule has 1 aromatic rings. The van der Waals surface area contributed by atoms with Crippen molar-refractivity contribution >= 4 is 41.4 Å². The van der Waals surface area contributed by atoms with E-state index in [4.69, 9.17) is 35.3 Å². The van der Waals surface area contributed by atoms with Gasteiger partial charge in [-0.2, -0.15) is 0 Å². The van der Waals surface area contributed by atoms with Crippen LogP contribution in [-0.2, 0) is 42.9 Å². The molecule has 1 fully saturated rings. The lowest BCUT2D eigenvalue weighted by atomic mass is 9.96. The lowest BCUT2D eigenvalue weighted by Crippen LogP contribution is -2.66. The Morgan fingerprint density at radius 2 is 1.52 bits per heavy atom. The van der Waals surface area contributed by atoms with Crippen molar-refractivity contribution in [2.45, 2.75) is 58.3 Å². The van der Waals surface area contributed by atoms with E-state index in [1.54, 1.807) is 12.1 Å². The molecule has 0 radical (unpaired) electrons. The highest BCUT2D eigenvalue weighted by molar-refractivity contribution is 6.33. The molecule has 0 saturated carbocycles. The van der Waals surface area contributed by atoms with E-state index in [9.17, 15) is 24.0 Å². The van der Waals surface area contributed by atoms with Gasteiger partial charge < -0.3 is 29.0 Å². The van der Waals surface area contributed by atoms with Crippen LogP contribution in [0, 0.1) is 0 Å². The Kier molecular flexibility index (Phi) is 9.18. The maximum Gasteiger partial charge on any atom is 0.342 e. The number of carbonyl (C=O) groups is 5. The lowest BCUT2D eigenvalue weighted by Gasteiger charge is -2.44. The molecule has 5 atom stereocenters. The number of hydrogen-bond donors (Lipinski definition) is 1. The van der Waals surface area contributed by atoms with E-state index >= 15 is 0 Å². The fourth-order valence-corrected chi connectivity index (χ4v) is 3.40. The van der Waals surface area contributed by atoms with Crippen LogP contribution in [0.3, 0.4) is 0 Å². The van der Waals surface area contributed by atoms with Gasteiger partial charge in [0, 0.05) is 27.7 Å². The maximum absolute atomic E-state index is 12.7. The number of benzene rings is 1. The largest absolute Gasteiger partial charge is 0.463 e. The monoisotopic (exact) mass is 485 g/mol. The minimum absolute atomic E-state index is 0.0204. The first-order valence-electron chi connectivity index (χ1n) is 9.85. The normalized spacial score (nSPS) is 24.2. The summed E-state index contributed by atoms with van der Waals surface area (Å²) in [4.78, 5) is 59.5. The van der Waals surface area contributed by atoms with E-state index in [2.05, 4.69) is 5.32 Å². The Balaban J connectivity index is 2.45. The molecule has 2 rings (SSSR count). The number of halogens is 1. The molecular formula is C21H24ClNO10. The van der Waals surface area contributed by atoms with Crippen molar-refractivity contribution in [1.82, 2.24) is 5.32 Å². The van der Waals surface area contributed by atoms with E-state index in [1.807, 2.05) is 0 Å². The zero-order valence-corrected chi connectivity index (χ0v) is 19.1. The van der Waals surface area contributed by atoms with Crippen LogP contribution in [0.5, 0.6) is 0 Å². The van der Waals surface area contributed by atoms with Crippen molar-refractivity contribution < 1.29 is 47.7 Å². The van der Waals surface area contributed by atoms with Gasteiger partial charge in [-0.3, -0.25) is 19.2 Å². The molecule has 0 bridgehead atoms. The zero-order valence-electron chi connectivity index (χ0n) is 18.4. The van der Waals surface area contributed by atoms with Crippen LogP contribution >= 0.6 is 11.6 Å². The topological polar surface area (TPSA) is 144 Å². The minimum atomic E-state index is -1.52. The molecule has 1 amide bonds. The van der Waals surface area contributed by atoms with Gasteiger partial charge in [0.2, 0.25) is 12.2 Å². The summed E-state index contributed by atoms with van der Waals surface area (Å²) in [7, 11) is 0. The van der Waals surface area contributed by atoms with Crippen molar-refractivity contribution in [3.63, 3.8) is 0 Å². The minimum Gasteiger partial charge on any atom is -0.463 e. The van der Waals surface area contributed by atoms with Gasteiger partial charge in [0.25, 0.3) is 0 Å². The standard InChI is InChI=1S/C21H24ClNO10/c1-10(24)23-17-19(31-13(4)27)18(30-12(3)26)16(9-29-11(2)25)32-21(17)33-20(28)14-7-5-6-8-15(14)22/h5-8,16-19,21H,9H2,1-4H3,(H,23,24)/t16-,17-,18+,19+,21+/m0/s1. The molecule has 11 nitrogen and oxygen atoms in total. The summed E-state index contributed by atoms with van der Waals surface area (Å²) < 4.78 is 26.8. The van der Waals surface area contributed by atoms with Gasteiger partial charge in [0.05, 0.1) is 10.6 Å². The van der Waals surface area contributed by atoms with E-state index in [-0.39, 0.29) is 10.6 Å². The van der Waals surface area contributed by atoms with Crippen molar-refractivity contribution in [2.24, 2.45) is 0 Å². The molecule has 1 saturated heterocycles. The summed E-state index contributed by atoms with van der Waals surface area (Å²) in [6, 6.07) is 4.81. The number of ether oxygens (including phenoxy) is 5. The van der Waals surface area contributed by atoms with Crippen LogP contribution in [0.15, 0.2) is 24.3 Å². The first-order valence-corrected chi connectivity index (χ1v) is 10.2. The van der Waals surface area contributed by atoms with Gasteiger partial charge in [-0.25, -0.2) is 4.79 Å². The molecule has 1 aliphatic heterocycles. The first kappa shape index (κ1) is 26.1. The Labute approximate surface area is 194 Å². The fourth-order valence-electron chi connectivity index (χ4n) is 3.19. The molecule has 0 aliphatic carbocycles. The van der Waals surface area contributed by atoms with Crippen molar-refractivity contribution in [1.29, 1.82) is 0 Å². The van der Waals surface area contributed by atoms with E-state index < -0.39 is 67.0 Å². The lowest BCUT2D eigenvalue weighted by molar-refractivity contribution is -0.263. The molecule has 0 spiro atoms. The molecule has 0 aromatic heterocycles. The van der Waals surface area contributed by atoms with Crippen LogP contribution in [0.2, 0.25) is 5.02 Å². The summed E-state index contributed by atoms with van der Waals surface area (Å²) in [6.07, 6.45) is -5.35. The van der Waals surface area contributed by atoms with E-state index in [1.165, 1.54) is 19.1 Å². The number of hydrogen-bond acceptors (Lipinski definition) is 10. The highest BCUT2D eigenvalue weighted by Crippen LogP contribution is 2.29. The van der Waals surface area contributed by atoms with Crippen molar-refractivity contribution in [3.05, 3.63) is 34.9 Å². The summed E-state index contributed by atoms with van der Waals surface area (Å²) in [5.41, 5.74) is 0.0204. The van der Waals surface area contributed by atoms with Gasteiger partial charge in [0.1, 0.15) is 18.8 Å². The van der Waals surface area contributed by atoms with Crippen LogP contribution < -0.4 is 5.32 Å². The van der Waals surface area contributed by atoms with Crippen molar-refractivity contribution in [2.75, 3.05) is 6.61 Å². The quantitative estimate of drug-likeness (QED) is 0.441. The summed E-state index contributed by atoms with van der Waals surface area (Å²) in [5, 5.41) is 2.61. The average molecular weight is 486 g/mol. The number of rotatable bonds is 7. The molecule has 1 N–H and O–H groups in total. The van der Waals surface area contributed by atoms with Gasteiger partial charge >= 0.3 is 23.9 Å². The number of nitrogens with one attached hydrogen (secondary N) is 1. The SMILES string of the molecule is CC(=O)N[C@@H]1[C@@H](OC(=O)c2ccccc2Cl)O[C@@H](COC(C)=O)[C@@H](OC(C)=O)[C@@H]1OC(C)=O. The number of esters is 4. The zero-order chi connectivity index (χ0) is 24.7. The Morgan fingerprint density at radius 1 is 0.909 bits per heavy atom. The molecule has 180 valence electrons. The molecule has 1 aliphatic rings. The van der Waals surface area contributed by atoms with Gasteiger partial charge in [-0.05, 0) is 12.1 Å². The Bertz CT molecular complexity index is 920. The van der Waals surface area contributed by atoms with Gasteiger partial charge in [-0.15, -0.1) is 0 Å². The molecular weight excluding hydrogens is 462 g/mol. The molecule has 12 heteroatoms. The van der Waals surface area contributed by atoms with Crippen molar-refractivity contribution in [3.8, 4) is 0 Å². The highest BCUT2D eigenvalue weighted by atomic mass is 35.5. The Hall–Kier alpha value is -3.18. The third kappa shape index (κ3) is 7.43. The predicted molar refractivity (Wildman–Crippen MR) is 111 cm³/mol. The van der Waals surface area contributed by atoms with Gasteiger partial charge in [0.15, 0.2) is 12.2 Å². The molecule has 1 heterocycles. The molecule has 0 unspecified atom stereocenters. The van der Waals surface area contributed by atoms with E-state index in [0.29, 0.717) is 0 Å². The second-order valence-corrected chi connectivity index (χ2v) is 7.51. The average Bonchev–Trinajstić information content (AvgIpc) is 2.70. The molecule has 1 aromatic carbocycles. The second-order valence-electron chi connectivity index (χ2n) is 7.11. The first-order chi connectivity index (χ1) is 15.5. The van der Waals surface area contributed by atoms with E-state index in [0.717, 1.165) is 20.8 Å². The van der Waals surface area contributed by atoms with Crippen LogP contribution in [0.4, 0.5) is 0 Å². The third-order valence-electron chi connectivity index (χ3n) is 4.39. The van der Waals surface area contributed by atoms with Crippen LogP contribution in [-0.4, -0.2) is 67.0 Å². The Morgan fingerprint density at radius 3 is 2.06 bits per heavy atom. The smallest absolute Gasteiger partial charge is 0.342 e. The van der Waals surface area contributed by atoms with Gasteiger partial charge in [-0.1, -0.05) is 23.7 Å². The van der Waals surface area contributed by atoms with Crippen LogP contribution in [0.1, 0.15) is 38.1 Å². The fraction of sp³-hybridized carbons (Fsp3) is 0.476. The second kappa shape index (κ2) is 11.6. The highest BCUT2D eigenvalue weighted by Gasteiger charge is 2.52. The summed E-state index contributed by atoms with van der Waals surface area (Å²) >= 11 is 6.05. The predicted octanol–water partition coefficient (Wildman–Crippen LogP) is 1.15.